The van der Waals surface area contributed by atoms with Gasteiger partial charge in [0.15, 0.2) is 5.96 Å². The molecule has 2 rings (SSSR count). The van der Waals surface area contributed by atoms with Crippen molar-refractivity contribution < 1.29 is 14.3 Å². The maximum Gasteiger partial charge on any atom is 0.408 e. The molecule has 1 aromatic carbocycles. The Hall–Kier alpha value is -1.59. The first-order valence-electron chi connectivity index (χ1n) is 11.2. The summed E-state index contributed by atoms with van der Waals surface area (Å²) in [6, 6.07) is 9.56. The van der Waals surface area contributed by atoms with Crippen LogP contribution in [-0.4, -0.2) is 75.0 Å². The van der Waals surface area contributed by atoms with E-state index in [1.54, 1.807) is 0 Å². The second-order valence-corrected chi connectivity index (χ2v) is 8.56. The van der Waals surface area contributed by atoms with Crippen molar-refractivity contribution in [1.82, 2.24) is 20.9 Å². The van der Waals surface area contributed by atoms with Crippen molar-refractivity contribution in [3.63, 3.8) is 0 Å². The predicted molar refractivity (Wildman–Crippen MR) is 140 cm³/mol. The molecule has 1 aliphatic rings. The number of benzene rings is 1. The molecule has 0 spiro atoms. The van der Waals surface area contributed by atoms with Gasteiger partial charge in [-0.05, 0) is 46.2 Å². The summed E-state index contributed by atoms with van der Waals surface area (Å²) < 4.78 is 10.8. The second kappa shape index (κ2) is 15.3. The largest absolute Gasteiger partial charge is 0.444 e. The van der Waals surface area contributed by atoms with Crippen LogP contribution in [0.2, 0.25) is 0 Å². The second-order valence-electron chi connectivity index (χ2n) is 8.56. The summed E-state index contributed by atoms with van der Waals surface area (Å²) in [6.45, 7) is 14.3. The van der Waals surface area contributed by atoms with Crippen LogP contribution in [0.5, 0.6) is 0 Å². The number of carbonyl (C=O) groups is 1. The Kier molecular flexibility index (Phi) is 13.6. The van der Waals surface area contributed by atoms with Gasteiger partial charge in [0.1, 0.15) is 5.60 Å². The standard InChI is InChI=1S/C23H39N5O3.HI/c1-5-24-21(25-12-9-13-28-14-16-30-17-15-28)26-18-20(19-10-7-6-8-11-19)27-22(29)31-23(2,3)4;/h6-8,10-11,20H,5,9,12-18H2,1-4H3,(H,27,29)(H2,24,25,26);1H. The van der Waals surface area contributed by atoms with Gasteiger partial charge in [0.2, 0.25) is 0 Å². The molecular formula is C23H40IN5O3. The molecule has 3 N–H and O–H groups in total. The Balaban J connectivity index is 0.00000512. The van der Waals surface area contributed by atoms with Crippen LogP contribution in [0.4, 0.5) is 4.79 Å². The van der Waals surface area contributed by atoms with E-state index in [-0.39, 0.29) is 30.0 Å². The third-order valence-electron chi connectivity index (χ3n) is 4.72. The number of ether oxygens (including phenoxy) is 2. The molecule has 0 aromatic heterocycles. The molecule has 1 unspecified atom stereocenters. The molecule has 8 nitrogen and oxygen atoms in total. The lowest BCUT2D eigenvalue weighted by atomic mass is 10.1. The summed E-state index contributed by atoms with van der Waals surface area (Å²) in [5.74, 6) is 0.747. The summed E-state index contributed by atoms with van der Waals surface area (Å²) in [6.07, 6.45) is 0.586. The molecule has 1 heterocycles. The molecule has 0 radical (unpaired) electrons. The average Bonchev–Trinajstić information content (AvgIpc) is 2.74. The fraction of sp³-hybridized carbons (Fsp3) is 0.652. The first-order chi connectivity index (χ1) is 14.9. The lowest BCUT2D eigenvalue weighted by Gasteiger charge is -2.26. The number of hydrogen-bond donors (Lipinski definition) is 3. The number of amides is 1. The van der Waals surface area contributed by atoms with Crippen molar-refractivity contribution in [2.75, 3.05) is 52.5 Å². The molecule has 182 valence electrons. The zero-order valence-corrected chi connectivity index (χ0v) is 22.2. The minimum atomic E-state index is -0.550. The summed E-state index contributed by atoms with van der Waals surface area (Å²) in [4.78, 5) is 19.5. The predicted octanol–water partition coefficient (Wildman–Crippen LogP) is 3.15. The molecule has 1 saturated heterocycles. The van der Waals surface area contributed by atoms with Crippen molar-refractivity contribution in [2.45, 2.75) is 45.8 Å². The maximum atomic E-state index is 12.3. The lowest BCUT2D eigenvalue weighted by molar-refractivity contribution is 0.0376. The van der Waals surface area contributed by atoms with Crippen molar-refractivity contribution in [2.24, 2.45) is 4.99 Å². The Morgan fingerprint density at radius 3 is 2.50 bits per heavy atom. The van der Waals surface area contributed by atoms with E-state index in [0.29, 0.717) is 6.54 Å². The van der Waals surface area contributed by atoms with E-state index < -0.39 is 11.7 Å². The highest BCUT2D eigenvalue weighted by atomic mass is 127. The number of halogens is 1. The molecule has 0 saturated carbocycles. The van der Waals surface area contributed by atoms with Gasteiger partial charge < -0.3 is 25.4 Å². The molecule has 0 aliphatic carbocycles. The fourth-order valence-corrected chi connectivity index (χ4v) is 3.23. The zero-order chi connectivity index (χ0) is 22.5. The minimum Gasteiger partial charge on any atom is -0.444 e. The fourth-order valence-electron chi connectivity index (χ4n) is 3.23. The summed E-state index contributed by atoms with van der Waals surface area (Å²) in [5.41, 5.74) is 0.436. The Bertz CT molecular complexity index is 676. The Labute approximate surface area is 209 Å². The average molecular weight is 562 g/mol. The van der Waals surface area contributed by atoms with Gasteiger partial charge in [0.05, 0.1) is 25.8 Å². The third kappa shape index (κ3) is 11.9. The number of guanidine groups is 1. The summed E-state index contributed by atoms with van der Waals surface area (Å²) >= 11 is 0. The third-order valence-corrected chi connectivity index (χ3v) is 4.72. The summed E-state index contributed by atoms with van der Waals surface area (Å²) in [5, 5.41) is 9.63. The van der Waals surface area contributed by atoms with Crippen molar-refractivity contribution in [3.8, 4) is 0 Å². The number of nitrogens with zero attached hydrogens (tertiary/aromatic N) is 2. The van der Waals surface area contributed by atoms with Gasteiger partial charge in [0, 0.05) is 26.2 Å². The lowest BCUT2D eigenvalue weighted by Crippen LogP contribution is -2.41. The first-order valence-corrected chi connectivity index (χ1v) is 11.2. The number of aliphatic imine (C=N–C) groups is 1. The van der Waals surface area contributed by atoms with Crippen LogP contribution in [0.25, 0.3) is 0 Å². The van der Waals surface area contributed by atoms with Gasteiger partial charge in [-0.2, -0.15) is 0 Å². The molecular weight excluding hydrogens is 521 g/mol. The van der Waals surface area contributed by atoms with Gasteiger partial charge in [-0.3, -0.25) is 9.89 Å². The van der Waals surface area contributed by atoms with Gasteiger partial charge in [-0.1, -0.05) is 30.3 Å². The summed E-state index contributed by atoms with van der Waals surface area (Å²) in [7, 11) is 0. The molecule has 1 amide bonds. The van der Waals surface area contributed by atoms with Crippen molar-refractivity contribution in [1.29, 1.82) is 0 Å². The quantitative estimate of drug-likeness (QED) is 0.186. The Morgan fingerprint density at radius 1 is 1.19 bits per heavy atom. The topological polar surface area (TPSA) is 87.2 Å². The van der Waals surface area contributed by atoms with Crippen LogP contribution in [0, 0.1) is 0 Å². The molecule has 1 atom stereocenters. The van der Waals surface area contributed by atoms with E-state index in [0.717, 1.165) is 63.9 Å². The maximum absolute atomic E-state index is 12.3. The van der Waals surface area contributed by atoms with Crippen LogP contribution >= 0.6 is 24.0 Å². The normalized spacial score (nSPS) is 15.9. The van der Waals surface area contributed by atoms with E-state index >= 15 is 0 Å². The molecule has 0 bridgehead atoms. The van der Waals surface area contributed by atoms with E-state index in [4.69, 9.17) is 14.5 Å². The van der Waals surface area contributed by atoms with E-state index in [1.165, 1.54) is 0 Å². The number of morpholine rings is 1. The molecule has 1 fully saturated rings. The number of nitrogens with one attached hydrogen (secondary N) is 3. The van der Waals surface area contributed by atoms with Crippen molar-refractivity contribution >= 4 is 36.0 Å². The molecule has 1 aromatic rings. The highest BCUT2D eigenvalue weighted by molar-refractivity contribution is 14.0. The highest BCUT2D eigenvalue weighted by Gasteiger charge is 2.20. The molecule has 32 heavy (non-hydrogen) atoms. The monoisotopic (exact) mass is 561 g/mol. The van der Waals surface area contributed by atoms with Crippen LogP contribution < -0.4 is 16.0 Å². The SMILES string of the molecule is CCNC(=NCC(NC(=O)OC(C)(C)C)c1ccccc1)NCCCN1CCOCC1.I. The highest BCUT2D eigenvalue weighted by Crippen LogP contribution is 2.15. The van der Waals surface area contributed by atoms with E-state index in [2.05, 4.69) is 20.9 Å². The number of rotatable bonds is 9. The van der Waals surface area contributed by atoms with Gasteiger partial charge in [-0.25, -0.2) is 4.79 Å². The van der Waals surface area contributed by atoms with E-state index in [1.807, 2.05) is 58.0 Å². The molecule has 9 heteroatoms. The van der Waals surface area contributed by atoms with Crippen LogP contribution in [0.3, 0.4) is 0 Å². The van der Waals surface area contributed by atoms with Gasteiger partial charge in [-0.15, -0.1) is 24.0 Å². The van der Waals surface area contributed by atoms with Crippen LogP contribution in [0.15, 0.2) is 35.3 Å². The van der Waals surface area contributed by atoms with Gasteiger partial charge in [0.25, 0.3) is 0 Å². The Morgan fingerprint density at radius 2 is 1.88 bits per heavy atom. The van der Waals surface area contributed by atoms with Gasteiger partial charge >= 0.3 is 6.09 Å². The minimum absolute atomic E-state index is 0. The van der Waals surface area contributed by atoms with Crippen LogP contribution in [0.1, 0.15) is 45.7 Å². The van der Waals surface area contributed by atoms with Crippen LogP contribution in [-0.2, 0) is 9.47 Å². The number of carbonyl (C=O) groups excluding carboxylic acids is 1. The molecule has 1 aliphatic heterocycles. The number of hydrogen-bond acceptors (Lipinski definition) is 5. The van der Waals surface area contributed by atoms with E-state index in [9.17, 15) is 4.79 Å². The van der Waals surface area contributed by atoms with Crippen molar-refractivity contribution in [3.05, 3.63) is 35.9 Å². The smallest absolute Gasteiger partial charge is 0.408 e. The number of alkyl carbamates (subject to hydrolysis) is 1. The zero-order valence-electron chi connectivity index (χ0n) is 19.9. The first kappa shape index (κ1) is 28.4.